The van der Waals surface area contributed by atoms with Crippen molar-refractivity contribution in [3.63, 3.8) is 0 Å². The molecule has 2 aliphatic rings. The Kier molecular flexibility index (Phi) is 5.47. The number of likely N-dealkylation sites (tertiary alicyclic amines) is 1. The third kappa shape index (κ3) is 4.41. The predicted molar refractivity (Wildman–Crippen MR) is 86.1 cm³/mol. The largest absolute Gasteiger partial charge is 0.433 e. The van der Waals surface area contributed by atoms with Gasteiger partial charge in [-0.2, -0.15) is 13.2 Å². The summed E-state index contributed by atoms with van der Waals surface area (Å²) in [6.45, 7) is 2.60. The number of anilines is 1. The van der Waals surface area contributed by atoms with Crippen molar-refractivity contribution in [2.45, 2.75) is 43.3 Å². The van der Waals surface area contributed by atoms with Gasteiger partial charge in [0.2, 0.25) is 0 Å². The van der Waals surface area contributed by atoms with Gasteiger partial charge in [0.25, 0.3) is 0 Å². The summed E-state index contributed by atoms with van der Waals surface area (Å²) in [4.78, 5) is 5.68. The molecule has 0 aromatic carbocycles. The van der Waals surface area contributed by atoms with Gasteiger partial charge in [-0.05, 0) is 38.1 Å². The summed E-state index contributed by atoms with van der Waals surface area (Å²) in [6.07, 6.45) is -4.65. The Morgan fingerprint density at radius 3 is 2.56 bits per heavy atom. The SMILES string of the molecule is O[C@@H]1[C@@H](Nc2cccc(C(F)(F)F)n2)CN(C2CCNCC2)C[C@@H]1O. The molecule has 25 heavy (non-hydrogen) atoms. The van der Waals surface area contributed by atoms with Gasteiger partial charge in [0.1, 0.15) is 17.6 Å². The van der Waals surface area contributed by atoms with Crippen LogP contribution in [-0.4, -0.2) is 70.6 Å². The van der Waals surface area contributed by atoms with Gasteiger partial charge < -0.3 is 20.8 Å². The number of piperidine rings is 2. The van der Waals surface area contributed by atoms with E-state index in [-0.39, 0.29) is 5.82 Å². The van der Waals surface area contributed by atoms with Gasteiger partial charge in [0.15, 0.2) is 0 Å². The second kappa shape index (κ2) is 7.45. The molecule has 2 fully saturated rings. The van der Waals surface area contributed by atoms with Gasteiger partial charge in [-0.15, -0.1) is 0 Å². The van der Waals surface area contributed by atoms with E-state index >= 15 is 0 Å². The lowest BCUT2D eigenvalue weighted by Gasteiger charge is -2.44. The molecule has 0 bridgehead atoms. The molecule has 140 valence electrons. The third-order valence-electron chi connectivity index (χ3n) is 4.86. The molecule has 0 radical (unpaired) electrons. The molecule has 0 aliphatic carbocycles. The minimum Gasteiger partial charge on any atom is -0.389 e. The highest BCUT2D eigenvalue weighted by molar-refractivity contribution is 5.38. The minimum absolute atomic E-state index is 0.0400. The molecule has 2 saturated heterocycles. The van der Waals surface area contributed by atoms with E-state index < -0.39 is 30.1 Å². The Morgan fingerprint density at radius 1 is 1.16 bits per heavy atom. The Bertz CT molecular complexity index is 581. The van der Waals surface area contributed by atoms with Crippen molar-refractivity contribution in [2.75, 3.05) is 31.5 Å². The van der Waals surface area contributed by atoms with E-state index in [0.29, 0.717) is 19.1 Å². The summed E-state index contributed by atoms with van der Waals surface area (Å²) in [5.74, 6) is 0.0400. The van der Waals surface area contributed by atoms with Crippen molar-refractivity contribution < 1.29 is 23.4 Å². The first-order valence-electron chi connectivity index (χ1n) is 8.46. The highest BCUT2D eigenvalue weighted by atomic mass is 19.4. The van der Waals surface area contributed by atoms with Crippen LogP contribution in [0.3, 0.4) is 0 Å². The summed E-state index contributed by atoms with van der Waals surface area (Å²) < 4.78 is 38.4. The molecule has 0 spiro atoms. The van der Waals surface area contributed by atoms with Crippen molar-refractivity contribution >= 4 is 5.82 Å². The monoisotopic (exact) mass is 360 g/mol. The van der Waals surface area contributed by atoms with Gasteiger partial charge in [-0.25, -0.2) is 4.98 Å². The van der Waals surface area contributed by atoms with Crippen LogP contribution >= 0.6 is 0 Å². The lowest BCUT2D eigenvalue weighted by molar-refractivity contribution is -0.141. The zero-order valence-electron chi connectivity index (χ0n) is 13.7. The van der Waals surface area contributed by atoms with E-state index in [1.54, 1.807) is 0 Å². The van der Waals surface area contributed by atoms with Gasteiger partial charge in [0.05, 0.1) is 12.1 Å². The van der Waals surface area contributed by atoms with Crippen LogP contribution in [0.4, 0.5) is 19.0 Å². The number of rotatable bonds is 3. The van der Waals surface area contributed by atoms with Crippen LogP contribution in [0.15, 0.2) is 18.2 Å². The number of hydrogen-bond donors (Lipinski definition) is 4. The van der Waals surface area contributed by atoms with Crippen molar-refractivity contribution in [1.29, 1.82) is 0 Å². The Balaban J connectivity index is 1.71. The topological polar surface area (TPSA) is 80.7 Å². The van der Waals surface area contributed by atoms with Gasteiger partial charge in [0, 0.05) is 19.1 Å². The Morgan fingerprint density at radius 2 is 1.88 bits per heavy atom. The summed E-state index contributed by atoms with van der Waals surface area (Å²) in [5.41, 5.74) is -0.987. The highest BCUT2D eigenvalue weighted by Crippen LogP contribution is 2.29. The van der Waals surface area contributed by atoms with Crippen molar-refractivity contribution in [3.8, 4) is 0 Å². The maximum Gasteiger partial charge on any atom is 0.433 e. The molecular formula is C16H23F3N4O2. The zero-order chi connectivity index (χ0) is 18.0. The fourth-order valence-electron chi connectivity index (χ4n) is 3.52. The molecule has 0 unspecified atom stereocenters. The number of aromatic nitrogens is 1. The lowest BCUT2D eigenvalue weighted by Crippen LogP contribution is -2.61. The van der Waals surface area contributed by atoms with Crippen molar-refractivity contribution in [1.82, 2.24) is 15.2 Å². The molecular weight excluding hydrogens is 337 g/mol. The van der Waals surface area contributed by atoms with Crippen LogP contribution < -0.4 is 10.6 Å². The lowest BCUT2D eigenvalue weighted by atomic mass is 9.95. The smallest absolute Gasteiger partial charge is 0.389 e. The van der Waals surface area contributed by atoms with Gasteiger partial charge in [-0.1, -0.05) is 6.07 Å². The van der Waals surface area contributed by atoms with Gasteiger partial charge in [-0.3, -0.25) is 4.90 Å². The second-order valence-electron chi connectivity index (χ2n) is 6.65. The van der Waals surface area contributed by atoms with E-state index in [1.807, 2.05) is 0 Å². The zero-order valence-corrected chi connectivity index (χ0v) is 13.7. The summed E-state index contributed by atoms with van der Waals surface area (Å²) in [6, 6.07) is 3.31. The fourth-order valence-corrected chi connectivity index (χ4v) is 3.52. The number of halogens is 3. The number of nitrogens with zero attached hydrogens (tertiary/aromatic N) is 2. The van der Waals surface area contributed by atoms with Crippen LogP contribution in [0.2, 0.25) is 0 Å². The number of aliphatic hydroxyl groups excluding tert-OH is 2. The number of alkyl halides is 3. The molecule has 4 N–H and O–H groups in total. The molecule has 1 aromatic heterocycles. The fraction of sp³-hybridized carbons (Fsp3) is 0.688. The second-order valence-corrected chi connectivity index (χ2v) is 6.65. The van der Waals surface area contributed by atoms with E-state index in [4.69, 9.17) is 0 Å². The third-order valence-corrected chi connectivity index (χ3v) is 4.86. The predicted octanol–water partition coefficient (Wildman–Crippen LogP) is 0.670. The van der Waals surface area contributed by atoms with Crippen LogP contribution in [-0.2, 0) is 6.18 Å². The van der Waals surface area contributed by atoms with E-state index in [2.05, 4.69) is 20.5 Å². The van der Waals surface area contributed by atoms with Crippen LogP contribution in [0, 0.1) is 0 Å². The maximum absolute atomic E-state index is 12.8. The molecule has 0 amide bonds. The first-order valence-corrected chi connectivity index (χ1v) is 8.46. The molecule has 1 aromatic rings. The van der Waals surface area contributed by atoms with E-state index in [9.17, 15) is 23.4 Å². The standard InChI is InChI=1S/C16H23F3N4O2/c17-16(18,19)13-2-1-3-14(22-13)21-11-8-23(9-12(24)15(11)25)10-4-6-20-7-5-10/h1-3,10-12,15,20,24-25H,4-9H2,(H,21,22)/t11-,12-,15+/m0/s1. The minimum atomic E-state index is -4.52. The molecule has 0 saturated carbocycles. The first-order chi connectivity index (χ1) is 11.8. The normalized spacial score (nSPS) is 29.6. The number of nitrogens with one attached hydrogen (secondary N) is 2. The quantitative estimate of drug-likeness (QED) is 0.635. The molecule has 3 heterocycles. The average molecular weight is 360 g/mol. The maximum atomic E-state index is 12.8. The van der Waals surface area contributed by atoms with E-state index in [1.165, 1.54) is 12.1 Å². The molecule has 9 heteroatoms. The number of aliphatic hydroxyl groups is 2. The van der Waals surface area contributed by atoms with Crippen molar-refractivity contribution in [3.05, 3.63) is 23.9 Å². The number of β-amino-alcohol motifs (C(OH)–C–C–N with tert-alkyl or cyclic N) is 1. The summed E-state index contributed by atoms with van der Waals surface area (Å²) in [5, 5.41) is 26.5. The molecule has 3 atom stereocenters. The van der Waals surface area contributed by atoms with Crippen molar-refractivity contribution in [2.24, 2.45) is 0 Å². The Hall–Kier alpha value is -1.42. The molecule has 6 nitrogen and oxygen atoms in total. The molecule has 3 rings (SSSR count). The Labute approximate surface area is 144 Å². The summed E-state index contributed by atoms with van der Waals surface area (Å²) >= 11 is 0. The average Bonchev–Trinajstić information content (AvgIpc) is 2.59. The van der Waals surface area contributed by atoms with Gasteiger partial charge >= 0.3 is 6.18 Å². The van der Waals surface area contributed by atoms with Crippen LogP contribution in [0.5, 0.6) is 0 Å². The first kappa shape index (κ1) is 18.4. The van der Waals surface area contributed by atoms with E-state index in [0.717, 1.165) is 32.0 Å². The highest BCUT2D eigenvalue weighted by Gasteiger charge is 2.38. The van der Waals surface area contributed by atoms with Crippen LogP contribution in [0.1, 0.15) is 18.5 Å². The molecule has 2 aliphatic heterocycles. The number of hydrogen-bond acceptors (Lipinski definition) is 6. The van der Waals surface area contributed by atoms with Crippen LogP contribution in [0.25, 0.3) is 0 Å². The number of pyridine rings is 1. The summed E-state index contributed by atoms with van der Waals surface area (Å²) in [7, 11) is 0.